The lowest BCUT2D eigenvalue weighted by atomic mass is 10.1. The van der Waals surface area contributed by atoms with Crippen LogP contribution in [0, 0.1) is 0 Å². The van der Waals surface area contributed by atoms with Crippen LogP contribution in [0.5, 0.6) is 23.0 Å². The molecule has 0 bridgehead atoms. The van der Waals surface area contributed by atoms with Gasteiger partial charge in [0, 0.05) is 12.1 Å². The Morgan fingerprint density at radius 3 is 2.29 bits per heavy atom. The molecule has 0 aromatic heterocycles. The fourth-order valence-electron chi connectivity index (χ4n) is 3.23. The summed E-state index contributed by atoms with van der Waals surface area (Å²) in [6.07, 6.45) is 2.16. The summed E-state index contributed by atoms with van der Waals surface area (Å²) >= 11 is 9.57. The molecule has 0 aliphatic carbocycles. The number of benzene rings is 2. The van der Waals surface area contributed by atoms with Gasteiger partial charge in [-0.2, -0.15) is 0 Å². The molecule has 11 heteroatoms. The van der Waals surface area contributed by atoms with E-state index in [2.05, 4.69) is 21.2 Å². The van der Waals surface area contributed by atoms with E-state index in [9.17, 15) is 14.4 Å². The van der Waals surface area contributed by atoms with E-state index in [-0.39, 0.29) is 27.8 Å². The van der Waals surface area contributed by atoms with Gasteiger partial charge in [-0.3, -0.25) is 14.9 Å². The lowest BCUT2D eigenvalue weighted by molar-refractivity contribution is -0.122. The number of amides is 4. The maximum atomic E-state index is 13.3. The second-order valence-electron chi connectivity index (χ2n) is 7.00. The minimum Gasteiger partial charge on any atom is -0.495 e. The van der Waals surface area contributed by atoms with Gasteiger partial charge in [-0.05, 0) is 46.1 Å². The maximum absolute atomic E-state index is 13.3. The molecule has 2 aromatic carbocycles. The second-order valence-corrected chi connectivity index (χ2v) is 8.26. The van der Waals surface area contributed by atoms with Gasteiger partial charge in [0.15, 0.2) is 11.5 Å². The van der Waals surface area contributed by atoms with E-state index in [4.69, 9.17) is 30.5 Å². The Morgan fingerprint density at radius 2 is 1.68 bits per heavy atom. The summed E-state index contributed by atoms with van der Waals surface area (Å²) in [6.45, 7) is 2.46. The van der Waals surface area contributed by atoms with E-state index in [1.165, 1.54) is 39.5 Å². The van der Waals surface area contributed by atoms with Crippen molar-refractivity contribution in [2.75, 3.05) is 32.8 Å². The number of carbonyl (C=O) groups is 3. The number of anilines is 1. The summed E-state index contributed by atoms with van der Waals surface area (Å²) in [4.78, 5) is 39.3. The number of nitrogens with zero attached hydrogens (tertiary/aromatic N) is 1. The molecule has 1 N–H and O–H groups in total. The molecule has 0 radical (unpaired) electrons. The Bertz CT molecular complexity index is 1180. The van der Waals surface area contributed by atoms with Gasteiger partial charge < -0.3 is 18.9 Å². The molecule has 1 aliphatic rings. The number of ether oxygens (including phenoxy) is 4. The zero-order valence-corrected chi connectivity index (χ0v) is 21.2. The molecule has 0 atom stereocenters. The van der Waals surface area contributed by atoms with Crippen LogP contribution in [-0.2, 0) is 9.59 Å². The molecule has 1 fully saturated rings. The van der Waals surface area contributed by atoms with Gasteiger partial charge in [0.25, 0.3) is 11.8 Å². The number of imide groups is 2. The highest BCUT2D eigenvalue weighted by Gasteiger charge is 2.38. The monoisotopic (exact) mass is 552 g/mol. The molecule has 1 saturated heterocycles. The highest BCUT2D eigenvalue weighted by molar-refractivity contribution is 9.10. The van der Waals surface area contributed by atoms with Gasteiger partial charge in [-0.15, -0.1) is 0 Å². The van der Waals surface area contributed by atoms with E-state index in [0.717, 1.165) is 11.3 Å². The van der Waals surface area contributed by atoms with Crippen molar-refractivity contribution in [3.8, 4) is 23.0 Å². The molecule has 180 valence electrons. The lowest BCUT2D eigenvalue weighted by Crippen LogP contribution is -2.54. The Hall–Kier alpha value is -3.24. The van der Waals surface area contributed by atoms with Crippen LogP contribution in [0.15, 0.2) is 34.3 Å². The van der Waals surface area contributed by atoms with Crippen LogP contribution in [0.25, 0.3) is 6.08 Å². The van der Waals surface area contributed by atoms with Gasteiger partial charge in [-0.25, -0.2) is 9.69 Å². The Morgan fingerprint density at radius 1 is 1.00 bits per heavy atom. The summed E-state index contributed by atoms with van der Waals surface area (Å²) in [7, 11) is 4.24. The molecule has 0 unspecified atom stereocenters. The number of rotatable bonds is 8. The maximum Gasteiger partial charge on any atom is 0.336 e. The molecule has 4 amide bonds. The lowest BCUT2D eigenvalue weighted by Gasteiger charge is -2.28. The number of carbonyl (C=O) groups excluding carboxylic acids is 3. The number of hydrogen-bond acceptors (Lipinski definition) is 7. The Labute approximate surface area is 209 Å². The first kappa shape index (κ1) is 25.4. The van der Waals surface area contributed by atoms with E-state index in [1.54, 1.807) is 12.1 Å². The van der Waals surface area contributed by atoms with Crippen molar-refractivity contribution in [3.05, 3.63) is 44.9 Å². The van der Waals surface area contributed by atoms with Crippen molar-refractivity contribution >= 4 is 57.1 Å². The predicted octanol–water partition coefficient (Wildman–Crippen LogP) is 4.58. The number of methoxy groups -OCH3 is 3. The Kier molecular flexibility index (Phi) is 8.06. The molecule has 0 saturated carbocycles. The zero-order chi connectivity index (χ0) is 25.0. The van der Waals surface area contributed by atoms with Gasteiger partial charge in [0.05, 0.1) is 43.1 Å². The SMILES string of the molecule is CCCOc1c(Br)cc(C=C2C(=O)NC(=O)N(c3cc(OC)c(Cl)cc3OC)C2=O)cc1OC. The van der Waals surface area contributed by atoms with Crippen LogP contribution in [0.1, 0.15) is 18.9 Å². The molecule has 3 rings (SSSR count). The van der Waals surface area contributed by atoms with Crippen molar-refractivity contribution in [3.63, 3.8) is 0 Å². The summed E-state index contributed by atoms with van der Waals surface area (Å²) in [6, 6.07) is 5.15. The quantitative estimate of drug-likeness (QED) is 0.377. The molecular weight excluding hydrogens is 532 g/mol. The molecule has 34 heavy (non-hydrogen) atoms. The standard InChI is InChI=1S/C23H22BrClN2O7/c1-5-6-34-20-14(24)8-12(9-19(20)33-4)7-13-21(28)26-23(30)27(22(13)29)16-11-17(31-2)15(25)10-18(16)32-3/h7-11H,5-6H2,1-4H3,(H,26,28,30). The van der Waals surface area contributed by atoms with Crippen molar-refractivity contribution in [1.82, 2.24) is 5.32 Å². The largest absolute Gasteiger partial charge is 0.495 e. The number of halogens is 2. The van der Waals surface area contributed by atoms with E-state index < -0.39 is 17.8 Å². The third kappa shape index (κ3) is 4.97. The van der Waals surface area contributed by atoms with Gasteiger partial charge in [0.2, 0.25) is 0 Å². The van der Waals surface area contributed by atoms with E-state index in [0.29, 0.717) is 28.1 Å². The fourth-order valence-corrected chi connectivity index (χ4v) is 4.03. The molecule has 0 spiro atoms. The molecule has 9 nitrogen and oxygen atoms in total. The molecule has 1 aliphatic heterocycles. The van der Waals surface area contributed by atoms with Crippen LogP contribution in [-0.4, -0.2) is 45.8 Å². The average Bonchev–Trinajstić information content (AvgIpc) is 2.81. The van der Waals surface area contributed by atoms with Crippen LogP contribution in [0.4, 0.5) is 10.5 Å². The number of urea groups is 1. The Balaban J connectivity index is 2.08. The average molecular weight is 554 g/mol. The highest BCUT2D eigenvalue weighted by atomic mass is 79.9. The summed E-state index contributed by atoms with van der Waals surface area (Å²) in [5, 5.41) is 2.40. The van der Waals surface area contributed by atoms with Crippen LogP contribution in [0.3, 0.4) is 0 Å². The van der Waals surface area contributed by atoms with Gasteiger partial charge >= 0.3 is 6.03 Å². The first-order valence-corrected chi connectivity index (χ1v) is 11.3. The zero-order valence-electron chi connectivity index (χ0n) is 18.9. The normalized spacial score (nSPS) is 14.8. The third-order valence-electron chi connectivity index (χ3n) is 4.81. The molecule has 1 heterocycles. The minimum absolute atomic E-state index is 0.0618. The van der Waals surface area contributed by atoms with Crippen molar-refractivity contribution in [2.24, 2.45) is 0 Å². The van der Waals surface area contributed by atoms with Crippen LogP contribution >= 0.6 is 27.5 Å². The van der Waals surface area contributed by atoms with E-state index >= 15 is 0 Å². The third-order valence-corrected chi connectivity index (χ3v) is 5.69. The summed E-state index contributed by atoms with van der Waals surface area (Å²) in [5.41, 5.74) is 0.263. The van der Waals surface area contributed by atoms with Crippen LogP contribution < -0.4 is 29.2 Å². The first-order chi connectivity index (χ1) is 16.2. The van der Waals surface area contributed by atoms with E-state index in [1.807, 2.05) is 6.92 Å². The highest BCUT2D eigenvalue weighted by Crippen LogP contribution is 2.40. The molecule has 2 aromatic rings. The predicted molar refractivity (Wildman–Crippen MR) is 130 cm³/mol. The summed E-state index contributed by atoms with van der Waals surface area (Å²) < 4.78 is 22.2. The summed E-state index contributed by atoms with van der Waals surface area (Å²) in [5.74, 6) is -0.414. The van der Waals surface area contributed by atoms with Crippen LogP contribution in [0.2, 0.25) is 5.02 Å². The minimum atomic E-state index is -0.933. The van der Waals surface area contributed by atoms with Crippen molar-refractivity contribution in [1.29, 1.82) is 0 Å². The number of nitrogens with one attached hydrogen (secondary N) is 1. The first-order valence-electron chi connectivity index (χ1n) is 10.1. The number of barbiturate groups is 1. The smallest absolute Gasteiger partial charge is 0.336 e. The molecular formula is C23H22BrClN2O7. The second kappa shape index (κ2) is 10.8. The fraction of sp³-hybridized carbons (Fsp3) is 0.261. The van der Waals surface area contributed by atoms with Crippen molar-refractivity contribution in [2.45, 2.75) is 13.3 Å². The topological polar surface area (TPSA) is 103 Å². The van der Waals surface area contributed by atoms with Gasteiger partial charge in [0.1, 0.15) is 17.1 Å². The van der Waals surface area contributed by atoms with Gasteiger partial charge in [-0.1, -0.05) is 18.5 Å². The van der Waals surface area contributed by atoms with Crippen molar-refractivity contribution < 1.29 is 33.3 Å². The number of hydrogen-bond donors (Lipinski definition) is 1.